The maximum absolute atomic E-state index is 9.09. The number of hydrogen-bond acceptors (Lipinski definition) is 2. The molecule has 0 amide bonds. The summed E-state index contributed by atoms with van der Waals surface area (Å²) in [7, 11) is 0. The first-order valence-electron chi connectivity index (χ1n) is 5.35. The number of benzene rings is 1. The number of aliphatic hydroxyl groups excluding tert-OH is 1. The lowest BCUT2D eigenvalue weighted by Crippen LogP contribution is -2.34. The van der Waals surface area contributed by atoms with E-state index in [2.05, 4.69) is 0 Å². The van der Waals surface area contributed by atoms with E-state index in [1.165, 1.54) is 0 Å². The Morgan fingerprint density at radius 1 is 1.27 bits per heavy atom. The molecule has 0 fully saturated rings. The molecule has 1 atom stereocenters. The molecule has 0 unspecified atom stereocenters. The van der Waals surface area contributed by atoms with Crippen molar-refractivity contribution in [2.45, 2.75) is 33.0 Å². The third-order valence-electron chi connectivity index (χ3n) is 2.91. The van der Waals surface area contributed by atoms with Crippen molar-refractivity contribution in [1.29, 1.82) is 0 Å². The summed E-state index contributed by atoms with van der Waals surface area (Å²) in [6.45, 7) is 6.76. The molecule has 1 N–H and O–H groups in total. The van der Waals surface area contributed by atoms with Crippen LogP contribution in [0.5, 0.6) is 0 Å². The Labute approximate surface area is 91.9 Å². The van der Waals surface area contributed by atoms with Crippen molar-refractivity contribution >= 4 is 0 Å². The summed E-state index contributed by atoms with van der Waals surface area (Å²) in [6, 6.07) is 10.1. The summed E-state index contributed by atoms with van der Waals surface area (Å²) < 4.78 is 5.81. The highest BCUT2D eigenvalue weighted by molar-refractivity contribution is 5.13. The summed E-state index contributed by atoms with van der Waals surface area (Å²) in [5.41, 5.74) is 0.876. The van der Waals surface area contributed by atoms with Crippen molar-refractivity contribution in [1.82, 2.24) is 0 Å². The fraction of sp³-hybridized carbons (Fsp3) is 0.538. The van der Waals surface area contributed by atoms with Crippen LogP contribution in [-0.4, -0.2) is 17.3 Å². The van der Waals surface area contributed by atoms with E-state index in [0.717, 1.165) is 5.56 Å². The van der Waals surface area contributed by atoms with Gasteiger partial charge < -0.3 is 9.84 Å². The lowest BCUT2D eigenvalue weighted by Gasteiger charge is -2.30. The van der Waals surface area contributed by atoms with Crippen LogP contribution in [0.3, 0.4) is 0 Å². The van der Waals surface area contributed by atoms with E-state index in [9.17, 15) is 0 Å². The SMILES string of the molecule is C[C@@H](CO)C(C)(C)OCc1ccccc1. The summed E-state index contributed by atoms with van der Waals surface area (Å²) in [6.07, 6.45) is 0. The van der Waals surface area contributed by atoms with E-state index >= 15 is 0 Å². The molecule has 84 valence electrons. The fourth-order valence-corrected chi connectivity index (χ4v) is 1.21. The monoisotopic (exact) mass is 208 g/mol. The third-order valence-corrected chi connectivity index (χ3v) is 2.91. The fourth-order valence-electron chi connectivity index (χ4n) is 1.21. The molecule has 0 aliphatic heterocycles. The molecule has 1 aromatic rings. The smallest absolute Gasteiger partial charge is 0.0724 e. The predicted octanol–water partition coefficient (Wildman–Crippen LogP) is 2.61. The predicted molar refractivity (Wildman–Crippen MR) is 61.6 cm³/mol. The molecule has 0 aliphatic rings. The second-order valence-electron chi connectivity index (χ2n) is 4.46. The molecule has 0 heterocycles. The van der Waals surface area contributed by atoms with Gasteiger partial charge in [0.15, 0.2) is 0 Å². The Bertz CT molecular complexity index is 280. The lowest BCUT2D eigenvalue weighted by atomic mass is 9.93. The molecule has 0 spiro atoms. The van der Waals surface area contributed by atoms with Crippen LogP contribution in [0.1, 0.15) is 26.3 Å². The second kappa shape index (κ2) is 5.29. The van der Waals surface area contributed by atoms with Crippen LogP contribution in [0.15, 0.2) is 30.3 Å². The van der Waals surface area contributed by atoms with Crippen molar-refractivity contribution in [3.8, 4) is 0 Å². The Morgan fingerprint density at radius 2 is 1.87 bits per heavy atom. The Kier molecular flexibility index (Phi) is 4.30. The van der Waals surface area contributed by atoms with Crippen LogP contribution < -0.4 is 0 Å². The number of rotatable bonds is 5. The Balaban J connectivity index is 2.49. The van der Waals surface area contributed by atoms with Crippen molar-refractivity contribution in [3.05, 3.63) is 35.9 Å². The van der Waals surface area contributed by atoms with E-state index in [0.29, 0.717) is 6.61 Å². The molecule has 1 rings (SSSR count). The van der Waals surface area contributed by atoms with Crippen molar-refractivity contribution in [2.24, 2.45) is 5.92 Å². The van der Waals surface area contributed by atoms with Gasteiger partial charge in [0, 0.05) is 12.5 Å². The molecular formula is C13H20O2. The summed E-state index contributed by atoms with van der Waals surface area (Å²) in [5.74, 6) is 0.140. The van der Waals surface area contributed by atoms with E-state index in [-0.39, 0.29) is 18.1 Å². The van der Waals surface area contributed by atoms with E-state index in [4.69, 9.17) is 9.84 Å². The van der Waals surface area contributed by atoms with Gasteiger partial charge in [-0.15, -0.1) is 0 Å². The van der Waals surface area contributed by atoms with Gasteiger partial charge >= 0.3 is 0 Å². The largest absolute Gasteiger partial charge is 0.396 e. The van der Waals surface area contributed by atoms with Gasteiger partial charge in [0.25, 0.3) is 0 Å². The van der Waals surface area contributed by atoms with Crippen LogP contribution in [-0.2, 0) is 11.3 Å². The highest BCUT2D eigenvalue weighted by Gasteiger charge is 2.25. The zero-order valence-electron chi connectivity index (χ0n) is 9.73. The second-order valence-corrected chi connectivity index (χ2v) is 4.46. The molecule has 2 nitrogen and oxygen atoms in total. The molecule has 0 bridgehead atoms. The third kappa shape index (κ3) is 3.65. The van der Waals surface area contributed by atoms with Crippen molar-refractivity contribution in [2.75, 3.05) is 6.61 Å². The highest BCUT2D eigenvalue weighted by Crippen LogP contribution is 2.22. The molecule has 1 aromatic carbocycles. The van der Waals surface area contributed by atoms with E-state index < -0.39 is 0 Å². The van der Waals surface area contributed by atoms with Gasteiger partial charge in [0.05, 0.1) is 12.2 Å². The molecule has 0 radical (unpaired) electrons. The molecule has 0 aliphatic carbocycles. The van der Waals surface area contributed by atoms with Gasteiger partial charge in [-0.05, 0) is 19.4 Å². The lowest BCUT2D eigenvalue weighted by molar-refractivity contribution is -0.0780. The van der Waals surface area contributed by atoms with Gasteiger partial charge in [0.2, 0.25) is 0 Å². The van der Waals surface area contributed by atoms with Crippen LogP contribution in [0.2, 0.25) is 0 Å². The normalized spacial score (nSPS) is 13.9. The topological polar surface area (TPSA) is 29.5 Å². The van der Waals surface area contributed by atoms with Gasteiger partial charge in [-0.1, -0.05) is 37.3 Å². The molecule has 2 heteroatoms. The van der Waals surface area contributed by atoms with Gasteiger partial charge in [0.1, 0.15) is 0 Å². The quantitative estimate of drug-likeness (QED) is 0.806. The number of aliphatic hydroxyl groups is 1. The summed E-state index contributed by atoms with van der Waals surface area (Å²) >= 11 is 0. The van der Waals surface area contributed by atoms with Crippen LogP contribution >= 0.6 is 0 Å². The molecule has 15 heavy (non-hydrogen) atoms. The Hall–Kier alpha value is -0.860. The minimum Gasteiger partial charge on any atom is -0.396 e. The zero-order valence-corrected chi connectivity index (χ0v) is 9.73. The average Bonchev–Trinajstić information content (AvgIpc) is 2.27. The number of ether oxygens (including phenoxy) is 1. The molecular weight excluding hydrogens is 188 g/mol. The minimum absolute atomic E-state index is 0.140. The highest BCUT2D eigenvalue weighted by atomic mass is 16.5. The maximum Gasteiger partial charge on any atom is 0.0724 e. The van der Waals surface area contributed by atoms with Crippen LogP contribution in [0, 0.1) is 5.92 Å². The van der Waals surface area contributed by atoms with Gasteiger partial charge in [-0.3, -0.25) is 0 Å². The van der Waals surface area contributed by atoms with E-state index in [1.54, 1.807) is 0 Å². The van der Waals surface area contributed by atoms with Crippen LogP contribution in [0.4, 0.5) is 0 Å². The van der Waals surface area contributed by atoms with E-state index in [1.807, 2.05) is 51.1 Å². The zero-order chi connectivity index (χ0) is 11.3. The standard InChI is InChI=1S/C13H20O2/c1-11(9-14)13(2,3)15-10-12-7-5-4-6-8-12/h4-8,11,14H,9-10H2,1-3H3/t11-/m0/s1. The summed E-state index contributed by atoms with van der Waals surface area (Å²) in [4.78, 5) is 0. The minimum atomic E-state index is -0.287. The van der Waals surface area contributed by atoms with Crippen molar-refractivity contribution < 1.29 is 9.84 Å². The van der Waals surface area contributed by atoms with Crippen LogP contribution in [0.25, 0.3) is 0 Å². The Morgan fingerprint density at radius 3 is 2.40 bits per heavy atom. The van der Waals surface area contributed by atoms with Crippen molar-refractivity contribution in [3.63, 3.8) is 0 Å². The molecule has 0 saturated carbocycles. The number of hydrogen-bond donors (Lipinski definition) is 1. The first-order chi connectivity index (χ1) is 7.06. The molecule has 0 aromatic heterocycles. The van der Waals surface area contributed by atoms with Gasteiger partial charge in [-0.25, -0.2) is 0 Å². The maximum atomic E-state index is 9.09. The first kappa shape index (κ1) is 12.2. The molecule has 0 saturated heterocycles. The van der Waals surface area contributed by atoms with Gasteiger partial charge in [-0.2, -0.15) is 0 Å². The average molecular weight is 208 g/mol. The summed E-state index contributed by atoms with van der Waals surface area (Å²) in [5, 5.41) is 9.09. The first-order valence-corrected chi connectivity index (χ1v) is 5.35.